The number of aromatic nitrogens is 1. The third-order valence-electron chi connectivity index (χ3n) is 8.03. The number of nitrogens with zero attached hydrogens (tertiary/aromatic N) is 2. The van der Waals surface area contributed by atoms with Gasteiger partial charge in [-0.2, -0.15) is 0 Å². The van der Waals surface area contributed by atoms with Gasteiger partial charge in [0.15, 0.2) is 5.54 Å². The number of carbonyl (C=O) groups excluding carboxylic acids is 2. The van der Waals surface area contributed by atoms with Crippen molar-refractivity contribution in [2.45, 2.75) is 82.8 Å². The van der Waals surface area contributed by atoms with Gasteiger partial charge in [0.2, 0.25) is 0 Å². The molecule has 0 radical (unpaired) electrons. The molecule has 2 aliphatic carbocycles. The summed E-state index contributed by atoms with van der Waals surface area (Å²) in [7, 11) is 0. The van der Waals surface area contributed by atoms with Gasteiger partial charge in [-0.25, -0.2) is 14.3 Å². The topological polar surface area (TPSA) is 125 Å². The van der Waals surface area contributed by atoms with E-state index >= 15 is 0 Å². The van der Waals surface area contributed by atoms with Gasteiger partial charge < -0.3 is 17.2 Å². The number of fused-ring (bicyclic) bond motifs is 1. The van der Waals surface area contributed by atoms with Crippen molar-refractivity contribution >= 4 is 42.4 Å². The Labute approximate surface area is 203 Å². The van der Waals surface area contributed by atoms with E-state index in [2.05, 4.69) is 4.98 Å². The molecule has 1 saturated heterocycles. The molecule has 0 aromatic carbocycles. The summed E-state index contributed by atoms with van der Waals surface area (Å²) < 4.78 is 0.0614. The van der Waals surface area contributed by atoms with Crippen molar-refractivity contribution in [2.75, 3.05) is 12.3 Å². The molecule has 2 saturated carbocycles. The Bertz CT molecular complexity index is 848. The zero-order valence-corrected chi connectivity index (χ0v) is 20.6. The fourth-order valence-corrected chi connectivity index (χ4v) is 6.35. The first-order valence-corrected chi connectivity index (χ1v) is 11.5. The van der Waals surface area contributed by atoms with Crippen LogP contribution in [-0.4, -0.2) is 39.4 Å². The summed E-state index contributed by atoms with van der Waals surface area (Å²) in [6, 6.07) is 1.41. The summed E-state index contributed by atoms with van der Waals surface area (Å²) in [5, 5.41) is 0. The lowest BCUT2D eigenvalue weighted by atomic mass is 9.84. The number of amides is 2. The highest BCUT2D eigenvalue weighted by atomic mass is 35.5. The minimum atomic E-state index is -0.811. The molecule has 3 aliphatic rings. The van der Waals surface area contributed by atoms with Gasteiger partial charge in [-0.3, -0.25) is 4.79 Å². The van der Waals surface area contributed by atoms with E-state index in [9.17, 15) is 9.59 Å². The van der Waals surface area contributed by atoms with E-state index in [1.807, 2.05) is 13.0 Å². The predicted molar refractivity (Wildman–Crippen MR) is 130 cm³/mol. The van der Waals surface area contributed by atoms with Crippen molar-refractivity contribution in [2.24, 2.45) is 23.3 Å². The van der Waals surface area contributed by atoms with Gasteiger partial charge in [0.25, 0.3) is 5.91 Å². The average Bonchev–Trinajstić information content (AvgIpc) is 3.48. The van der Waals surface area contributed by atoms with E-state index in [1.165, 1.54) is 19.3 Å². The van der Waals surface area contributed by atoms with Crippen LogP contribution >= 0.6 is 24.8 Å². The summed E-state index contributed by atoms with van der Waals surface area (Å²) in [6.07, 6.45) is 11.0. The van der Waals surface area contributed by atoms with Crippen molar-refractivity contribution in [3.05, 3.63) is 23.4 Å². The second-order valence-corrected chi connectivity index (χ2v) is 9.91. The zero-order valence-electron chi connectivity index (χ0n) is 18.9. The van der Waals surface area contributed by atoms with Crippen LogP contribution in [0.15, 0.2) is 12.3 Å². The van der Waals surface area contributed by atoms with Crippen LogP contribution in [0, 0.1) is 18.8 Å². The third kappa shape index (κ3) is 4.49. The highest BCUT2D eigenvalue weighted by Gasteiger charge is 2.76. The van der Waals surface area contributed by atoms with Gasteiger partial charge in [0.05, 0.1) is 6.54 Å². The fraction of sp³-hybridized carbons (Fsp3) is 0.696. The molecule has 9 heteroatoms. The first kappa shape index (κ1) is 26.8. The summed E-state index contributed by atoms with van der Waals surface area (Å²) in [5.41, 5.74) is 19.4. The van der Waals surface area contributed by atoms with Crippen LogP contribution in [0.3, 0.4) is 0 Å². The van der Waals surface area contributed by atoms with Crippen LogP contribution in [-0.2, 0) is 16.1 Å². The SMILES string of the molecule is Cc1cc(C[N+]2(C(=O)[C@H](N)CC3CCCCC3)CCC[C@@H]3C[C@@]32C(N)=O)cnc1N.Cl.Cl. The Hall–Kier alpha value is -1.41. The van der Waals surface area contributed by atoms with Crippen molar-refractivity contribution in [3.8, 4) is 0 Å². The molecule has 32 heavy (non-hydrogen) atoms. The predicted octanol–water partition coefficient (Wildman–Crippen LogP) is 2.99. The molecule has 0 spiro atoms. The van der Waals surface area contributed by atoms with E-state index in [0.29, 0.717) is 37.7 Å². The number of anilines is 1. The number of hydrogen-bond acceptors (Lipinski definition) is 5. The molecule has 0 bridgehead atoms. The molecule has 1 unspecified atom stereocenters. The first-order valence-electron chi connectivity index (χ1n) is 11.5. The van der Waals surface area contributed by atoms with Crippen LogP contribution < -0.4 is 17.2 Å². The number of nitrogens with two attached hydrogens (primary N) is 3. The molecule has 2 heterocycles. The quantitative estimate of drug-likeness (QED) is 0.532. The van der Waals surface area contributed by atoms with E-state index in [-0.39, 0.29) is 47.0 Å². The Morgan fingerprint density at radius 2 is 1.88 bits per heavy atom. The van der Waals surface area contributed by atoms with E-state index in [0.717, 1.165) is 36.8 Å². The number of halogens is 2. The number of carbonyl (C=O) groups is 2. The van der Waals surface area contributed by atoms with Crippen molar-refractivity contribution < 1.29 is 14.1 Å². The second-order valence-electron chi connectivity index (χ2n) is 9.91. The van der Waals surface area contributed by atoms with Crippen LogP contribution in [0.5, 0.6) is 0 Å². The molecule has 4 atom stereocenters. The summed E-state index contributed by atoms with van der Waals surface area (Å²) in [6.45, 7) is 2.93. The number of piperidine rings is 1. The zero-order chi connectivity index (χ0) is 21.5. The lowest BCUT2D eigenvalue weighted by Gasteiger charge is -2.46. The lowest BCUT2D eigenvalue weighted by molar-refractivity contribution is -0.900. The molecule has 3 fully saturated rings. The maximum absolute atomic E-state index is 14.0. The van der Waals surface area contributed by atoms with Crippen LogP contribution in [0.4, 0.5) is 5.82 Å². The Morgan fingerprint density at radius 1 is 1.19 bits per heavy atom. The lowest BCUT2D eigenvalue weighted by Crippen LogP contribution is -2.70. The molecule has 2 amide bonds. The fourth-order valence-electron chi connectivity index (χ4n) is 6.35. The number of rotatable bonds is 6. The number of aryl methyl sites for hydroxylation is 1. The maximum atomic E-state index is 14.0. The Kier molecular flexibility index (Phi) is 8.59. The number of quaternary nitrogens is 1. The van der Waals surface area contributed by atoms with E-state index < -0.39 is 11.6 Å². The Balaban J connectivity index is 0.00000181. The van der Waals surface area contributed by atoms with Gasteiger partial charge >= 0.3 is 5.91 Å². The Morgan fingerprint density at radius 3 is 2.50 bits per heavy atom. The molecular weight excluding hydrogens is 449 g/mol. The third-order valence-corrected chi connectivity index (χ3v) is 8.03. The van der Waals surface area contributed by atoms with Crippen molar-refractivity contribution in [1.29, 1.82) is 0 Å². The molecule has 1 aliphatic heterocycles. The maximum Gasteiger partial charge on any atom is 0.331 e. The summed E-state index contributed by atoms with van der Waals surface area (Å²) >= 11 is 0. The van der Waals surface area contributed by atoms with Crippen LogP contribution in [0.2, 0.25) is 0 Å². The second kappa shape index (κ2) is 10.2. The molecule has 180 valence electrons. The number of likely N-dealkylation sites (tertiary alicyclic amines) is 1. The number of hydrogen-bond donors (Lipinski definition) is 3. The highest BCUT2D eigenvalue weighted by molar-refractivity contribution is 5.91. The van der Waals surface area contributed by atoms with Crippen LogP contribution in [0.1, 0.15) is 68.9 Å². The average molecular weight is 487 g/mol. The van der Waals surface area contributed by atoms with Crippen molar-refractivity contribution in [3.63, 3.8) is 0 Å². The molecule has 4 rings (SSSR count). The molecule has 1 aromatic rings. The van der Waals surface area contributed by atoms with Gasteiger partial charge in [0.1, 0.15) is 18.4 Å². The number of nitrogen functional groups attached to an aromatic ring is 1. The molecule has 7 nitrogen and oxygen atoms in total. The largest absolute Gasteiger partial charge is 0.383 e. The van der Waals surface area contributed by atoms with Gasteiger partial charge in [-0.1, -0.05) is 32.1 Å². The van der Waals surface area contributed by atoms with Gasteiger partial charge in [-0.15, -0.1) is 24.8 Å². The normalized spacial score (nSPS) is 30.2. The number of pyridine rings is 1. The van der Waals surface area contributed by atoms with Gasteiger partial charge in [-0.05, 0) is 43.7 Å². The highest BCUT2D eigenvalue weighted by Crippen LogP contribution is 2.59. The summed E-state index contributed by atoms with van der Waals surface area (Å²) in [4.78, 5) is 31.0. The standard InChI is InChI=1S/C23H35N5O2.2ClH/c1-15-10-17(13-27-20(15)25)14-28(9-5-8-18-12-23(18,28)22(26)30)21(29)19(24)11-16-6-3-2-4-7-16;;/h10,13,16,18-19H,2-9,11-12,14,24H2,1H3,(H3-,25,26,27,30);2*1H/p+1/t18-,19-,23+,28?;;/m1../s1. The first-order chi connectivity index (χ1) is 14.3. The molecule has 6 N–H and O–H groups in total. The minimum absolute atomic E-state index is 0. The van der Waals surface area contributed by atoms with E-state index in [1.54, 1.807) is 6.20 Å². The smallest absolute Gasteiger partial charge is 0.331 e. The summed E-state index contributed by atoms with van der Waals surface area (Å²) in [5.74, 6) is 0.791. The monoisotopic (exact) mass is 486 g/mol. The molecule has 1 aromatic heterocycles. The molecular formula is C23H38Cl2N5O2+. The number of primary amides is 1. The van der Waals surface area contributed by atoms with E-state index in [4.69, 9.17) is 17.2 Å². The van der Waals surface area contributed by atoms with Crippen molar-refractivity contribution in [1.82, 2.24) is 4.98 Å². The van der Waals surface area contributed by atoms with Gasteiger partial charge in [0, 0.05) is 24.1 Å². The minimum Gasteiger partial charge on any atom is -0.383 e. The van der Waals surface area contributed by atoms with Crippen LogP contribution in [0.25, 0.3) is 0 Å².